The molecule has 0 saturated carbocycles. The van der Waals surface area contributed by atoms with Gasteiger partial charge in [0.15, 0.2) is 0 Å². The van der Waals surface area contributed by atoms with Crippen LogP contribution in [0.1, 0.15) is 34.9 Å². The lowest BCUT2D eigenvalue weighted by Gasteiger charge is -2.02. The van der Waals surface area contributed by atoms with Crippen molar-refractivity contribution in [3.63, 3.8) is 0 Å². The molecule has 0 spiro atoms. The molecule has 1 aromatic rings. The first-order chi connectivity index (χ1) is 8.29. The monoisotopic (exact) mass is 292 g/mol. The minimum atomic E-state index is -3.48. The zero-order chi connectivity index (χ0) is 13.8. The molecule has 0 aromatic carbocycles. The molecule has 0 aliphatic heterocycles. The quantitative estimate of drug-likeness (QED) is 0.613. The maximum Gasteiger partial charge on any atom is 0.270 e. The highest BCUT2D eigenvalue weighted by molar-refractivity contribution is 7.89. The van der Waals surface area contributed by atoms with E-state index >= 15 is 0 Å². The zero-order valence-corrected chi connectivity index (χ0v) is 11.6. The molecule has 18 heavy (non-hydrogen) atoms. The van der Waals surface area contributed by atoms with E-state index in [-0.39, 0.29) is 30.7 Å². The number of nitrogens with zero attached hydrogens (tertiary/aromatic N) is 1. The summed E-state index contributed by atoms with van der Waals surface area (Å²) in [5.74, 6) is -0.498. The van der Waals surface area contributed by atoms with Gasteiger partial charge in [-0.3, -0.25) is 4.79 Å². The number of sulfonamides is 1. The summed E-state index contributed by atoms with van der Waals surface area (Å²) < 4.78 is 21.3. The topological polar surface area (TPSA) is 128 Å². The standard InChI is InChI=1S/C9H16N4O3S2/c1-6(10)9-13-7(5-17-9)8(14)12-3-2-4-18(11,15)16/h5-6H,2-4,10H2,1H3,(H,12,14)(H2,11,15,16). The number of nitrogens with one attached hydrogen (secondary N) is 1. The summed E-state index contributed by atoms with van der Waals surface area (Å²) in [6, 6.07) is -0.209. The van der Waals surface area contributed by atoms with Crippen molar-refractivity contribution in [2.24, 2.45) is 10.9 Å². The maximum atomic E-state index is 11.6. The van der Waals surface area contributed by atoms with Crippen molar-refractivity contribution in [3.05, 3.63) is 16.1 Å². The Balaban J connectivity index is 2.41. The summed E-state index contributed by atoms with van der Waals surface area (Å²) in [7, 11) is -3.48. The number of primary sulfonamides is 1. The van der Waals surface area contributed by atoms with Gasteiger partial charge in [-0.25, -0.2) is 18.5 Å². The first kappa shape index (κ1) is 15.0. The molecule has 1 unspecified atom stereocenters. The Morgan fingerprint density at radius 2 is 2.28 bits per heavy atom. The van der Waals surface area contributed by atoms with E-state index in [4.69, 9.17) is 10.9 Å². The lowest BCUT2D eigenvalue weighted by Crippen LogP contribution is -2.27. The lowest BCUT2D eigenvalue weighted by molar-refractivity contribution is 0.0949. The second kappa shape index (κ2) is 6.23. The van der Waals surface area contributed by atoms with Gasteiger partial charge in [0, 0.05) is 11.9 Å². The van der Waals surface area contributed by atoms with Crippen LogP contribution in [0.5, 0.6) is 0 Å². The van der Waals surface area contributed by atoms with Crippen LogP contribution >= 0.6 is 11.3 Å². The van der Waals surface area contributed by atoms with Crippen molar-refractivity contribution in [1.29, 1.82) is 0 Å². The van der Waals surface area contributed by atoms with Crippen molar-refractivity contribution >= 4 is 27.3 Å². The highest BCUT2D eigenvalue weighted by Gasteiger charge is 2.12. The van der Waals surface area contributed by atoms with Gasteiger partial charge >= 0.3 is 0 Å². The fourth-order valence-electron chi connectivity index (χ4n) is 1.17. The van der Waals surface area contributed by atoms with Gasteiger partial charge in [-0.15, -0.1) is 11.3 Å². The van der Waals surface area contributed by atoms with Gasteiger partial charge in [0.2, 0.25) is 10.0 Å². The van der Waals surface area contributed by atoms with Crippen molar-refractivity contribution in [2.45, 2.75) is 19.4 Å². The maximum absolute atomic E-state index is 11.6. The van der Waals surface area contributed by atoms with Crippen LogP contribution in [0.4, 0.5) is 0 Å². The van der Waals surface area contributed by atoms with Gasteiger partial charge in [0.1, 0.15) is 10.7 Å². The van der Waals surface area contributed by atoms with Crippen LogP contribution < -0.4 is 16.2 Å². The Labute approximate surface area is 110 Å². The van der Waals surface area contributed by atoms with Crippen molar-refractivity contribution < 1.29 is 13.2 Å². The molecule has 7 nitrogen and oxygen atoms in total. The average molecular weight is 292 g/mol. The van der Waals surface area contributed by atoms with Crippen molar-refractivity contribution in [2.75, 3.05) is 12.3 Å². The van der Waals surface area contributed by atoms with Gasteiger partial charge in [-0.05, 0) is 13.3 Å². The minimum Gasteiger partial charge on any atom is -0.351 e. The number of carbonyl (C=O) groups is 1. The van der Waals surface area contributed by atoms with Crippen LogP contribution in [-0.2, 0) is 10.0 Å². The molecule has 9 heteroatoms. The number of thiazole rings is 1. The summed E-state index contributed by atoms with van der Waals surface area (Å²) in [6.07, 6.45) is 0.273. The highest BCUT2D eigenvalue weighted by Crippen LogP contribution is 2.15. The fraction of sp³-hybridized carbons (Fsp3) is 0.556. The number of hydrogen-bond donors (Lipinski definition) is 3. The van der Waals surface area contributed by atoms with Crippen LogP contribution in [0.3, 0.4) is 0 Å². The van der Waals surface area contributed by atoms with Crippen molar-refractivity contribution in [1.82, 2.24) is 10.3 Å². The summed E-state index contributed by atoms with van der Waals surface area (Å²) in [5, 5.41) is 9.71. The Bertz CT molecular complexity index is 510. The molecule has 1 heterocycles. The van der Waals surface area contributed by atoms with E-state index in [1.165, 1.54) is 11.3 Å². The number of rotatable bonds is 6. The minimum absolute atomic E-state index is 0.157. The molecule has 0 radical (unpaired) electrons. The normalized spacial score (nSPS) is 13.3. The van der Waals surface area contributed by atoms with E-state index in [1.807, 2.05) is 0 Å². The molecule has 0 saturated heterocycles. The molecule has 1 atom stereocenters. The van der Waals surface area contributed by atoms with Gasteiger partial charge in [0.25, 0.3) is 5.91 Å². The third kappa shape index (κ3) is 5.08. The second-order valence-electron chi connectivity index (χ2n) is 3.84. The van der Waals surface area contributed by atoms with Gasteiger partial charge in [-0.2, -0.15) is 0 Å². The Hall–Kier alpha value is -1.03. The van der Waals surface area contributed by atoms with E-state index in [1.54, 1.807) is 12.3 Å². The smallest absolute Gasteiger partial charge is 0.270 e. The van der Waals surface area contributed by atoms with Crippen LogP contribution in [0.2, 0.25) is 0 Å². The van der Waals surface area contributed by atoms with E-state index in [0.29, 0.717) is 10.7 Å². The van der Waals surface area contributed by atoms with Crippen LogP contribution in [0, 0.1) is 0 Å². The van der Waals surface area contributed by atoms with Gasteiger partial charge in [0.05, 0.1) is 11.8 Å². The molecule has 0 aliphatic rings. The SMILES string of the molecule is CC(N)c1nc(C(=O)NCCCS(N)(=O)=O)cs1. The summed E-state index contributed by atoms with van der Waals surface area (Å²) in [6.45, 7) is 2.02. The number of aromatic nitrogens is 1. The van der Waals surface area contributed by atoms with Crippen LogP contribution in [-0.4, -0.2) is 31.6 Å². The predicted molar refractivity (Wildman–Crippen MR) is 69.6 cm³/mol. The molecular weight excluding hydrogens is 276 g/mol. The molecule has 0 aliphatic carbocycles. The third-order valence-corrected chi connectivity index (χ3v) is 3.94. The largest absolute Gasteiger partial charge is 0.351 e. The summed E-state index contributed by atoms with van der Waals surface area (Å²) in [5.41, 5.74) is 5.93. The van der Waals surface area contributed by atoms with E-state index < -0.39 is 10.0 Å². The Morgan fingerprint density at radius 3 is 2.78 bits per heavy atom. The van der Waals surface area contributed by atoms with E-state index in [0.717, 1.165) is 0 Å². The molecule has 102 valence electrons. The molecule has 0 fully saturated rings. The summed E-state index contributed by atoms with van der Waals surface area (Å²) in [4.78, 5) is 15.7. The van der Waals surface area contributed by atoms with Crippen molar-refractivity contribution in [3.8, 4) is 0 Å². The number of hydrogen-bond acceptors (Lipinski definition) is 6. The number of carbonyl (C=O) groups excluding carboxylic acids is 1. The van der Waals surface area contributed by atoms with Crippen LogP contribution in [0.25, 0.3) is 0 Å². The van der Waals surface area contributed by atoms with Gasteiger partial charge < -0.3 is 11.1 Å². The van der Waals surface area contributed by atoms with Gasteiger partial charge in [-0.1, -0.05) is 0 Å². The Morgan fingerprint density at radius 1 is 1.61 bits per heavy atom. The first-order valence-corrected chi connectivity index (χ1v) is 7.89. The first-order valence-electron chi connectivity index (χ1n) is 5.29. The van der Waals surface area contributed by atoms with E-state index in [9.17, 15) is 13.2 Å². The predicted octanol–water partition coefficient (Wildman–Crippen LogP) is -0.429. The lowest BCUT2D eigenvalue weighted by atomic mass is 10.4. The molecular formula is C9H16N4O3S2. The number of amides is 1. The second-order valence-corrected chi connectivity index (χ2v) is 6.46. The average Bonchev–Trinajstić information content (AvgIpc) is 2.72. The third-order valence-electron chi connectivity index (χ3n) is 2.04. The Kier molecular flexibility index (Phi) is 5.20. The molecule has 5 N–H and O–H groups in total. The number of nitrogens with two attached hydrogens (primary N) is 2. The molecule has 0 bridgehead atoms. The molecule has 1 aromatic heterocycles. The van der Waals surface area contributed by atoms with Crippen LogP contribution in [0.15, 0.2) is 5.38 Å². The fourth-order valence-corrected chi connectivity index (χ4v) is 2.47. The highest BCUT2D eigenvalue weighted by atomic mass is 32.2. The molecule has 1 rings (SSSR count). The van der Waals surface area contributed by atoms with E-state index in [2.05, 4.69) is 10.3 Å². The zero-order valence-electron chi connectivity index (χ0n) is 9.92. The summed E-state index contributed by atoms with van der Waals surface area (Å²) >= 11 is 1.32. The molecule has 1 amide bonds.